The minimum absolute atomic E-state index is 0.530. The van der Waals surface area contributed by atoms with E-state index in [1.54, 1.807) is 25.4 Å². The third-order valence-corrected chi connectivity index (χ3v) is 2.07. The van der Waals surface area contributed by atoms with E-state index in [4.69, 9.17) is 10.3 Å². The smallest absolute Gasteiger partial charge is 0.221 e. The molecule has 0 atom stereocenters. The van der Waals surface area contributed by atoms with Gasteiger partial charge in [0.1, 0.15) is 0 Å². The van der Waals surface area contributed by atoms with Crippen LogP contribution in [0.3, 0.4) is 0 Å². The lowest BCUT2D eigenvalue weighted by Gasteiger charge is -2.03. The number of hydrogen-bond acceptors (Lipinski definition) is 3. The highest BCUT2D eigenvalue weighted by Gasteiger charge is 2.02. The maximum Gasteiger partial charge on any atom is 0.221 e. The van der Waals surface area contributed by atoms with E-state index in [0.29, 0.717) is 11.6 Å². The van der Waals surface area contributed by atoms with Gasteiger partial charge in [0.25, 0.3) is 0 Å². The van der Waals surface area contributed by atoms with E-state index in [2.05, 4.69) is 15.0 Å². The van der Waals surface area contributed by atoms with Crippen LogP contribution in [-0.2, 0) is 0 Å². The summed E-state index contributed by atoms with van der Waals surface area (Å²) >= 11 is 0. The Balaban J connectivity index is 2.72. The molecule has 0 aliphatic carbocycles. The largest absolute Gasteiger partial charge is 0.481 e. The number of hydrogen-bond donors (Lipinski definition) is 0. The predicted molar refractivity (Wildman–Crippen MR) is 57.1 cm³/mol. The van der Waals surface area contributed by atoms with Crippen molar-refractivity contribution in [2.45, 2.75) is 0 Å². The monoisotopic (exact) mass is 200 g/mol. The van der Waals surface area contributed by atoms with Gasteiger partial charge in [-0.2, -0.15) is 0 Å². The number of rotatable bonds is 2. The molecule has 74 valence electrons. The normalized spacial score (nSPS) is 9.67. The van der Waals surface area contributed by atoms with E-state index < -0.39 is 0 Å². The summed E-state index contributed by atoms with van der Waals surface area (Å²) in [4.78, 5) is 6.80. The standard InChI is InChI=1S/C10H8N4O/c1-15-10-9-6-8(13-14-11)3-2-7(9)4-5-12-10/h2-6H,1H3. The molecular weight excluding hydrogens is 192 g/mol. The van der Waals surface area contributed by atoms with Crippen LogP contribution in [0, 0.1) is 0 Å². The number of ether oxygens (including phenoxy) is 1. The Bertz CT molecular complexity index is 546. The Morgan fingerprint density at radius 3 is 3.00 bits per heavy atom. The fourth-order valence-corrected chi connectivity index (χ4v) is 1.41. The van der Waals surface area contributed by atoms with Crippen LogP contribution in [-0.4, -0.2) is 12.1 Å². The van der Waals surface area contributed by atoms with Crippen LogP contribution >= 0.6 is 0 Å². The van der Waals surface area contributed by atoms with Crippen molar-refractivity contribution in [2.75, 3.05) is 7.11 Å². The van der Waals surface area contributed by atoms with E-state index in [-0.39, 0.29) is 0 Å². The number of pyridine rings is 1. The lowest BCUT2D eigenvalue weighted by atomic mass is 10.1. The number of aromatic nitrogens is 1. The number of azide groups is 1. The van der Waals surface area contributed by atoms with Gasteiger partial charge in [0.05, 0.1) is 7.11 Å². The van der Waals surface area contributed by atoms with Crippen molar-refractivity contribution in [2.24, 2.45) is 5.11 Å². The molecule has 0 fully saturated rings. The predicted octanol–water partition coefficient (Wildman–Crippen LogP) is 3.19. The molecule has 0 amide bonds. The zero-order chi connectivity index (χ0) is 10.7. The number of nitrogens with zero attached hydrogens (tertiary/aromatic N) is 4. The fourth-order valence-electron chi connectivity index (χ4n) is 1.41. The van der Waals surface area contributed by atoms with Crippen molar-refractivity contribution < 1.29 is 4.74 Å². The maximum absolute atomic E-state index is 8.33. The first-order valence-electron chi connectivity index (χ1n) is 4.33. The minimum Gasteiger partial charge on any atom is -0.481 e. The van der Waals surface area contributed by atoms with Crippen LogP contribution in [0.25, 0.3) is 21.2 Å². The first-order valence-corrected chi connectivity index (χ1v) is 4.33. The molecule has 0 saturated heterocycles. The van der Waals surface area contributed by atoms with Gasteiger partial charge in [-0.1, -0.05) is 17.2 Å². The zero-order valence-electron chi connectivity index (χ0n) is 8.08. The molecule has 1 aromatic heterocycles. The van der Waals surface area contributed by atoms with Gasteiger partial charge in [0, 0.05) is 22.2 Å². The second kappa shape index (κ2) is 3.86. The van der Waals surface area contributed by atoms with Crippen molar-refractivity contribution in [3.63, 3.8) is 0 Å². The van der Waals surface area contributed by atoms with Gasteiger partial charge in [-0.3, -0.25) is 0 Å². The molecule has 0 spiro atoms. The topological polar surface area (TPSA) is 70.9 Å². The summed E-state index contributed by atoms with van der Waals surface area (Å²) in [6.45, 7) is 0. The molecule has 5 heteroatoms. The highest BCUT2D eigenvalue weighted by molar-refractivity contribution is 5.89. The van der Waals surface area contributed by atoms with Gasteiger partial charge in [0.2, 0.25) is 5.88 Å². The Morgan fingerprint density at radius 1 is 1.40 bits per heavy atom. The fraction of sp³-hybridized carbons (Fsp3) is 0.100. The SMILES string of the molecule is COc1nccc2ccc(N=[N+]=[N-])cc12. The van der Waals surface area contributed by atoms with Crippen molar-refractivity contribution in [3.8, 4) is 5.88 Å². The van der Waals surface area contributed by atoms with Crippen molar-refractivity contribution in [3.05, 3.63) is 40.9 Å². The quantitative estimate of drug-likeness (QED) is 0.424. The number of fused-ring (bicyclic) bond motifs is 1. The summed E-state index contributed by atoms with van der Waals surface area (Å²) in [5.74, 6) is 0.530. The van der Waals surface area contributed by atoms with E-state index in [1.165, 1.54) is 0 Å². The first-order chi connectivity index (χ1) is 7.35. The van der Waals surface area contributed by atoms with Gasteiger partial charge in [-0.25, -0.2) is 4.98 Å². The van der Waals surface area contributed by atoms with E-state index in [9.17, 15) is 0 Å². The van der Waals surface area contributed by atoms with Crippen LogP contribution in [0.1, 0.15) is 0 Å². The Hall–Kier alpha value is -2.26. The van der Waals surface area contributed by atoms with Crippen LogP contribution in [0.5, 0.6) is 5.88 Å². The summed E-state index contributed by atoms with van der Waals surface area (Å²) in [5, 5.41) is 5.37. The van der Waals surface area contributed by atoms with Gasteiger partial charge < -0.3 is 4.74 Å². The molecule has 1 aromatic carbocycles. The molecule has 0 bridgehead atoms. The summed E-state index contributed by atoms with van der Waals surface area (Å²) in [5.41, 5.74) is 8.88. The Kier molecular flexibility index (Phi) is 2.39. The zero-order valence-corrected chi connectivity index (χ0v) is 8.08. The second-order valence-electron chi connectivity index (χ2n) is 2.92. The highest BCUT2D eigenvalue weighted by Crippen LogP contribution is 2.27. The molecule has 0 aliphatic heterocycles. The molecule has 0 N–H and O–H groups in total. The first kappa shape index (κ1) is 9.30. The number of methoxy groups -OCH3 is 1. The molecule has 15 heavy (non-hydrogen) atoms. The molecule has 5 nitrogen and oxygen atoms in total. The third-order valence-electron chi connectivity index (χ3n) is 2.07. The lowest BCUT2D eigenvalue weighted by molar-refractivity contribution is 0.403. The minimum atomic E-state index is 0.530. The van der Waals surface area contributed by atoms with Crippen molar-refractivity contribution >= 4 is 16.5 Å². The molecule has 2 aromatic rings. The molecule has 0 saturated carbocycles. The molecule has 0 aliphatic rings. The summed E-state index contributed by atoms with van der Waals surface area (Å²) in [6, 6.07) is 7.24. The van der Waals surface area contributed by atoms with Crippen molar-refractivity contribution in [1.29, 1.82) is 0 Å². The Labute approximate surface area is 85.9 Å². The lowest BCUT2D eigenvalue weighted by Crippen LogP contribution is -1.87. The van der Waals surface area contributed by atoms with E-state index in [1.807, 2.05) is 12.1 Å². The van der Waals surface area contributed by atoms with Crippen molar-refractivity contribution in [1.82, 2.24) is 4.98 Å². The average Bonchev–Trinajstić information content (AvgIpc) is 2.28. The van der Waals surface area contributed by atoms with Crippen LogP contribution < -0.4 is 4.74 Å². The third kappa shape index (κ3) is 1.68. The van der Waals surface area contributed by atoms with Crippen LogP contribution in [0.2, 0.25) is 0 Å². The van der Waals surface area contributed by atoms with Gasteiger partial charge >= 0.3 is 0 Å². The van der Waals surface area contributed by atoms with Crippen LogP contribution in [0.4, 0.5) is 5.69 Å². The Morgan fingerprint density at radius 2 is 2.27 bits per heavy atom. The van der Waals surface area contributed by atoms with E-state index >= 15 is 0 Å². The summed E-state index contributed by atoms with van der Waals surface area (Å²) in [6.07, 6.45) is 1.68. The van der Waals surface area contributed by atoms with Crippen LogP contribution in [0.15, 0.2) is 35.6 Å². The molecule has 2 rings (SSSR count). The number of benzene rings is 1. The highest BCUT2D eigenvalue weighted by atomic mass is 16.5. The molecule has 0 unspecified atom stereocenters. The second-order valence-corrected chi connectivity index (χ2v) is 2.92. The molecular formula is C10H8N4O. The van der Waals surface area contributed by atoms with Gasteiger partial charge in [0.15, 0.2) is 0 Å². The maximum atomic E-state index is 8.33. The summed E-state index contributed by atoms with van der Waals surface area (Å²) in [7, 11) is 1.56. The van der Waals surface area contributed by atoms with Gasteiger partial charge in [-0.15, -0.1) is 0 Å². The average molecular weight is 200 g/mol. The molecule has 1 heterocycles. The molecule has 0 radical (unpaired) electrons. The van der Waals surface area contributed by atoms with Gasteiger partial charge in [-0.05, 0) is 23.1 Å². The van der Waals surface area contributed by atoms with E-state index in [0.717, 1.165) is 10.8 Å². The summed E-state index contributed by atoms with van der Waals surface area (Å²) < 4.78 is 5.11.